The number of methoxy groups -OCH3 is 1. The summed E-state index contributed by atoms with van der Waals surface area (Å²) >= 11 is 18.6. The van der Waals surface area contributed by atoms with Crippen LogP contribution in [0.15, 0.2) is 36.4 Å². The van der Waals surface area contributed by atoms with E-state index in [9.17, 15) is 0 Å². The van der Waals surface area contributed by atoms with Crippen molar-refractivity contribution >= 4 is 40.6 Å². The van der Waals surface area contributed by atoms with E-state index in [1.54, 1.807) is 23.9 Å². The number of halogens is 3. The van der Waals surface area contributed by atoms with Crippen LogP contribution < -0.4 is 10.5 Å². The third kappa shape index (κ3) is 4.17. The van der Waals surface area contributed by atoms with E-state index in [0.29, 0.717) is 45.5 Å². The molecule has 0 saturated heterocycles. The largest absolute Gasteiger partial charge is 0.490 e. The van der Waals surface area contributed by atoms with Gasteiger partial charge in [-0.25, -0.2) is 4.68 Å². The minimum atomic E-state index is 0.362. The highest BCUT2D eigenvalue weighted by atomic mass is 35.5. The first-order valence-corrected chi connectivity index (χ1v) is 9.28. The molecule has 27 heavy (non-hydrogen) atoms. The van der Waals surface area contributed by atoms with Crippen molar-refractivity contribution in [1.82, 2.24) is 9.78 Å². The summed E-state index contributed by atoms with van der Waals surface area (Å²) in [5.74, 6) is 0.940. The van der Waals surface area contributed by atoms with Crippen LogP contribution in [0.5, 0.6) is 5.75 Å². The van der Waals surface area contributed by atoms with Gasteiger partial charge in [-0.3, -0.25) is 0 Å². The molecule has 5 nitrogen and oxygen atoms in total. The molecule has 8 heteroatoms. The maximum atomic E-state index is 6.40. The monoisotopic (exact) mass is 425 g/mol. The van der Waals surface area contributed by atoms with Gasteiger partial charge in [0, 0.05) is 23.8 Å². The van der Waals surface area contributed by atoms with Crippen molar-refractivity contribution in [1.29, 1.82) is 0 Å². The molecule has 0 spiro atoms. The number of hydrogen-bond acceptors (Lipinski definition) is 4. The number of nitrogens with zero attached hydrogens (tertiary/aromatic N) is 2. The smallest absolute Gasteiger partial charge is 0.140 e. The normalized spacial score (nSPS) is 11.0. The molecule has 3 rings (SSSR count). The zero-order valence-electron chi connectivity index (χ0n) is 14.8. The molecule has 1 heterocycles. The van der Waals surface area contributed by atoms with Crippen molar-refractivity contribution in [2.45, 2.75) is 6.92 Å². The zero-order chi connectivity index (χ0) is 19.6. The van der Waals surface area contributed by atoms with Crippen LogP contribution >= 0.6 is 34.8 Å². The molecule has 0 saturated carbocycles. The van der Waals surface area contributed by atoms with E-state index in [-0.39, 0.29) is 0 Å². The molecule has 0 atom stereocenters. The van der Waals surface area contributed by atoms with Crippen LogP contribution in [0.25, 0.3) is 16.8 Å². The Labute approximate surface area is 172 Å². The number of nitrogens with two attached hydrogens (primary N) is 1. The lowest BCUT2D eigenvalue weighted by Gasteiger charge is -2.12. The van der Waals surface area contributed by atoms with Crippen LogP contribution in [-0.4, -0.2) is 30.1 Å². The molecule has 0 unspecified atom stereocenters. The minimum absolute atomic E-state index is 0.362. The Kier molecular flexibility index (Phi) is 6.17. The minimum Gasteiger partial charge on any atom is -0.490 e. The Morgan fingerprint density at radius 2 is 1.74 bits per heavy atom. The lowest BCUT2D eigenvalue weighted by molar-refractivity contribution is 0.146. The fourth-order valence-corrected chi connectivity index (χ4v) is 3.37. The average molecular weight is 427 g/mol. The Hall–Kier alpha value is -1.92. The Balaban J connectivity index is 2.05. The molecule has 2 N–H and O–H groups in total. The van der Waals surface area contributed by atoms with Gasteiger partial charge in [-0.2, -0.15) is 5.10 Å². The number of hydrogen-bond donors (Lipinski definition) is 1. The van der Waals surface area contributed by atoms with Crippen LogP contribution in [0, 0.1) is 6.92 Å². The average Bonchev–Trinajstić information content (AvgIpc) is 2.92. The van der Waals surface area contributed by atoms with Gasteiger partial charge < -0.3 is 15.2 Å². The molecule has 1 aromatic heterocycles. The summed E-state index contributed by atoms with van der Waals surface area (Å²) in [4.78, 5) is 0. The molecule has 0 aliphatic rings. The Morgan fingerprint density at radius 1 is 1.04 bits per heavy atom. The van der Waals surface area contributed by atoms with Crippen molar-refractivity contribution in [2.24, 2.45) is 0 Å². The van der Waals surface area contributed by atoms with Gasteiger partial charge >= 0.3 is 0 Å². The number of aromatic nitrogens is 2. The zero-order valence-corrected chi connectivity index (χ0v) is 17.1. The number of anilines is 1. The Morgan fingerprint density at radius 3 is 2.41 bits per heavy atom. The highest BCUT2D eigenvalue weighted by Gasteiger charge is 2.19. The van der Waals surface area contributed by atoms with Gasteiger partial charge in [-0.1, -0.05) is 46.9 Å². The van der Waals surface area contributed by atoms with Crippen molar-refractivity contribution in [3.63, 3.8) is 0 Å². The first-order valence-electron chi connectivity index (χ1n) is 8.14. The fraction of sp³-hybridized carbons (Fsp3) is 0.211. The summed E-state index contributed by atoms with van der Waals surface area (Å²) < 4.78 is 12.2. The summed E-state index contributed by atoms with van der Waals surface area (Å²) in [5, 5.41) is 6.03. The van der Waals surface area contributed by atoms with Crippen LogP contribution in [0.3, 0.4) is 0 Å². The van der Waals surface area contributed by atoms with Crippen molar-refractivity contribution in [2.75, 3.05) is 26.1 Å². The highest BCUT2D eigenvalue weighted by molar-refractivity contribution is 6.36. The molecule has 0 radical (unpaired) electrons. The second-order valence-corrected chi connectivity index (χ2v) is 7.09. The summed E-state index contributed by atoms with van der Waals surface area (Å²) in [5.41, 5.74) is 9.48. The SMILES string of the molecule is COCCOc1cc(-n2nc(C)c(-c3ccc(Cl)cc3)c2N)c(Cl)cc1Cl. The molecule has 0 fully saturated rings. The number of ether oxygens (including phenoxy) is 2. The van der Waals surface area contributed by atoms with Crippen molar-refractivity contribution < 1.29 is 9.47 Å². The predicted octanol–water partition coefficient (Wildman–Crippen LogP) is 5.42. The highest BCUT2D eigenvalue weighted by Crippen LogP contribution is 2.37. The summed E-state index contributed by atoms with van der Waals surface area (Å²) in [6.07, 6.45) is 0. The second kappa shape index (κ2) is 8.40. The topological polar surface area (TPSA) is 62.3 Å². The summed E-state index contributed by atoms with van der Waals surface area (Å²) in [7, 11) is 1.60. The maximum Gasteiger partial charge on any atom is 0.140 e. The van der Waals surface area contributed by atoms with Gasteiger partial charge in [0.2, 0.25) is 0 Å². The number of rotatable bonds is 6. The number of nitrogen functional groups attached to an aromatic ring is 1. The summed E-state index contributed by atoms with van der Waals surface area (Å²) in [6.45, 7) is 2.69. The van der Waals surface area contributed by atoms with Gasteiger partial charge in [-0.15, -0.1) is 0 Å². The summed E-state index contributed by atoms with van der Waals surface area (Å²) in [6, 6.07) is 10.7. The van der Waals surface area contributed by atoms with E-state index >= 15 is 0 Å². The second-order valence-electron chi connectivity index (χ2n) is 5.84. The van der Waals surface area contributed by atoms with Gasteiger partial charge in [0.15, 0.2) is 0 Å². The lowest BCUT2D eigenvalue weighted by Crippen LogP contribution is -2.07. The lowest BCUT2D eigenvalue weighted by atomic mass is 10.1. The van der Waals surface area contributed by atoms with Crippen molar-refractivity contribution in [3.05, 3.63) is 57.2 Å². The van der Waals surface area contributed by atoms with E-state index in [4.69, 9.17) is 50.0 Å². The van der Waals surface area contributed by atoms with E-state index in [1.807, 2.05) is 31.2 Å². The van der Waals surface area contributed by atoms with Gasteiger partial charge in [0.25, 0.3) is 0 Å². The van der Waals surface area contributed by atoms with E-state index in [1.165, 1.54) is 0 Å². The van der Waals surface area contributed by atoms with Crippen LogP contribution in [-0.2, 0) is 4.74 Å². The van der Waals surface area contributed by atoms with E-state index in [2.05, 4.69) is 5.10 Å². The molecule has 3 aromatic rings. The first kappa shape index (κ1) is 19.8. The molecule has 0 aliphatic carbocycles. The first-order chi connectivity index (χ1) is 12.9. The fourth-order valence-electron chi connectivity index (χ4n) is 2.73. The maximum absolute atomic E-state index is 6.40. The predicted molar refractivity (Wildman–Crippen MR) is 111 cm³/mol. The molecule has 0 amide bonds. The van der Waals surface area contributed by atoms with E-state index in [0.717, 1.165) is 16.8 Å². The van der Waals surface area contributed by atoms with Crippen LogP contribution in [0.2, 0.25) is 15.1 Å². The molecular weight excluding hydrogens is 409 g/mol. The van der Waals surface area contributed by atoms with E-state index < -0.39 is 0 Å². The van der Waals surface area contributed by atoms with Gasteiger partial charge in [-0.05, 0) is 30.7 Å². The molecular formula is C19H18Cl3N3O2. The van der Waals surface area contributed by atoms with Gasteiger partial charge in [0.05, 0.1) is 28.0 Å². The molecule has 0 bridgehead atoms. The van der Waals surface area contributed by atoms with Gasteiger partial charge in [0.1, 0.15) is 18.2 Å². The molecule has 0 aliphatic heterocycles. The quantitative estimate of drug-likeness (QED) is 0.535. The third-order valence-electron chi connectivity index (χ3n) is 4.00. The third-order valence-corrected chi connectivity index (χ3v) is 4.85. The molecule has 142 valence electrons. The van der Waals surface area contributed by atoms with Crippen molar-refractivity contribution in [3.8, 4) is 22.6 Å². The Bertz CT molecular complexity index is 956. The standard InChI is InChI=1S/C19H18Cl3N3O2/c1-11-18(12-3-5-13(20)6-4-12)19(23)25(24-11)16-10-17(27-8-7-26-2)15(22)9-14(16)21/h3-6,9-10H,7-8,23H2,1-2H3. The number of aryl methyl sites for hydroxylation is 1. The molecule has 2 aromatic carbocycles. The van der Waals surface area contributed by atoms with Crippen LogP contribution in [0.4, 0.5) is 5.82 Å². The van der Waals surface area contributed by atoms with Crippen LogP contribution in [0.1, 0.15) is 5.69 Å². The number of benzene rings is 2.